The van der Waals surface area contributed by atoms with Crippen LogP contribution in [0.2, 0.25) is 0 Å². The molecule has 0 aliphatic heterocycles. The van der Waals surface area contributed by atoms with Gasteiger partial charge in [0.1, 0.15) is 11.4 Å². The van der Waals surface area contributed by atoms with Crippen LogP contribution in [0.3, 0.4) is 0 Å². The first-order valence-electron chi connectivity index (χ1n) is 8.07. The summed E-state index contributed by atoms with van der Waals surface area (Å²) in [6.07, 6.45) is 1.43. The van der Waals surface area contributed by atoms with Crippen molar-refractivity contribution in [2.24, 2.45) is 0 Å². The number of amides is 1. The summed E-state index contributed by atoms with van der Waals surface area (Å²) in [4.78, 5) is 32.3. The van der Waals surface area contributed by atoms with Gasteiger partial charge in [-0.05, 0) is 31.2 Å². The molecular weight excluding hydrogens is 334 g/mol. The molecule has 0 saturated heterocycles. The molecule has 0 aliphatic carbocycles. The van der Waals surface area contributed by atoms with E-state index in [0.717, 1.165) is 5.52 Å². The van der Waals surface area contributed by atoms with Gasteiger partial charge in [-0.1, -0.05) is 18.2 Å². The Hall–Kier alpha value is -3.48. The Morgan fingerprint density at radius 1 is 1.08 bits per heavy atom. The molecule has 132 valence electrons. The van der Waals surface area contributed by atoms with Gasteiger partial charge in [0.05, 0.1) is 23.8 Å². The fourth-order valence-corrected chi connectivity index (χ4v) is 2.27. The van der Waals surface area contributed by atoms with Crippen molar-refractivity contribution in [1.82, 2.24) is 9.97 Å². The first-order valence-corrected chi connectivity index (χ1v) is 8.07. The van der Waals surface area contributed by atoms with Crippen LogP contribution in [-0.2, 0) is 9.53 Å². The van der Waals surface area contributed by atoms with Gasteiger partial charge >= 0.3 is 5.97 Å². The topological polar surface area (TPSA) is 90.4 Å². The van der Waals surface area contributed by atoms with Crippen molar-refractivity contribution in [3.8, 4) is 5.75 Å². The van der Waals surface area contributed by atoms with Crippen molar-refractivity contribution in [1.29, 1.82) is 0 Å². The summed E-state index contributed by atoms with van der Waals surface area (Å²) in [6.45, 7) is 1.83. The predicted molar refractivity (Wildman–Crippen MR) is 96.1 cm³/mol. The largest absolute Gasteiger partial charge is 0.482 e. The zero-order valence-electron chi connectivity index (χ0n) is 14.1. The number of nitrogens with one attached hydrogen (secondary N) is 1. The summed E-state index contributed by atoms with van der Waals surface area (Å²) in [5.41, 5.74) is 2.10. The zero-order chi connectivity index (χ0) is 18.4. The SMILES string of the molecule is CCOC(=O)COc1cccc(NC(=O)c2cnc3ccccc3n2)c1. The van der Waals surface area contributed by atoms with Crippen LogP contribution in [0.15, 0.2) is 54.7 Å². The Morgan fingerprint density at radius 2 is 1.88 bits per heavy atom. The highest BCUT2D eigenvalue weighted by Crippen LogP contribution is 2.18. The van der Waals surface area contributed by atoms with Gasteiger partial charge in [0.25, 0.3) is 5.91 Å². The van der Waals surface area contributed by atoms with E-state index >= 15 is 0 Å². The molecule has 1 aromatic heterocycles. The van der Waals surface area contributed by atoms with E-state index in [1.54, 1.807) is 37.3 Å². The second kappa shape index (κ2) is 8.06. The Labute approximate surface area is 150 Å². The number of benzene rings is 2. The van der Waals surface area contributed by atoms with E-state index in [2.05, 4.69) is 15.3 Å². The van der Waals surface area contributed by atoms with Crippen molar-refractivity contribution >= 4 is 28.6 Å². The number of para-hydroxylation sites is 2. The molecule has 3 aromatic rings. The van der Waals surface area contributed by atoms with Crippen molar-refractivity contribution in [3.63, 3.8) is 0 Å². The van der Waals surface area contributed by atoms with E-state index in [1.807, 2.05) is 18.2 Å². The maximum atomic E-state index is 12.4. The number of hydrogen-bond acceptors (Lipinski definition) is 6. The van der Waals surface area contributed by atoms with Gasteiger partial charge in [0.15, 0.2) is 6.61 Å². The maximum Gasteiger partial charge on any atom is 0.344 e. The summed E-state index contributed by atoms with van der Waals surface area (Å²) in [7, 11) is 0. The smallest absolute Gasteiger partial charge is 0.344 e. The summed E-state index contributed by atoms with van der Waals surface area (Å²) in [5, 5.41) is 2.74. The number of ether oxygens (including phenoxy) is 2. The molecule has 7 heteroatoms. The van der Waals surface area contributed by atoms with Gasteiger partial charge in [0, 0.05) is 11.8 Å². The first-order chi connectivity index (χ1) is 12.7. The lowest BCUT2D eigenvalue weighted by molar-refractivity contribution is -0.145. The zero-order valence-corrected chi connectivity index (χ0v) is 14.1. The van der Waals surface area contributed by atoms with E-state index < -0.39 is 5.97 Å². The van der Waals surface area contributed by atoms with Crippen molar-refractivity contribution < 1.29 is 19.1 Å². The van der Waals surface area contributed by atoms with Crippen molar-refractivity contribution in [2.45, 2.75) is 6.92 Å². The van der Waals surface area contributed by atoms with Gasteiger partial charge in [-0.15, -0.1) is 0 Å². The minimum absolute atomic E-state index is 0.193. The number of fused-ring (bicyclic) bond motifs is 1. The molecule has 0 fully saturated rings. The number of rotatable bonds is 6. The second-order valence-electron chi connectivity index (χ2n) is 5.32. The molecule has 0 saturated carbocycles. The predicted octanol–water partition coefficient (Wildman–Crippen LogP) is 2.82. The van der Waals surface area contributed by atoms with Gasteiger partial charge in [-0.3, -0.25) is 9.78 Å². The molecular formula is C19H17N3O4. The molecule has 1 N–H and O–H groups in total. The third-order valence-electron chi connectivity index (χ3n) is 3.44. The maximum absolute atomic E-state index is 12.4. The minimum atomic E-state index is -0.451. The van der Waals surface area contributed by atoms with Crippen LogP contribution in [0.1, 0.15) is 17.4 Å². The average Bonchev–Trinajstić information content (AvgIpc) is 2.66. The standard InChI is InChI=1S/C19H17N3O4/c1-2-25-18(23)12-26-14-7-5-6-13(10-14)21-19(24)17-11-20-15-8-3-4-9-16(15)22-17/h3-11H,2,12H2,1H3,(H,21,24). The molecule has 0 bridgehead atoms. The average molecular weight is 351 g/mol. The van der Waals surface area contributed by atoms with Crippen LogP contribution in [0, 0.1) is 0 Å². The van der Waals surface area contributed by atoms with E-state index in [9.17, 15) is 9.59 Å². The Morgan fingerprint density at radius 3 is 2.69 bits per heavy atom. The third kappa shape index (κ3) is 4.32. The van der Waals surface area contributed by atoms with Gasteiger partial charge in [-0.2, -0.15) is 0 Å². The fourth-order valence-electron chi connectivity index (χ4n) is 2.27. The molecule has 0 aliphatic rings. The van der Waals surface area contributed by atoms with Crippen molar-refractivity contribution in [2.75, 3.05) is 18.5 Å². The number of carbonyl (C=O) groups is 2. The summed E-state index contributed by atoms with van der Waals surface area (Å²) < 4.78 is 10.2. The molecule has 1 amide bonds. The normalized spacial score (nSPS) is 10.3. The van der Waals surface area contributed by atoms with Crippen LogP contribution in [0.5, 0.6) is 5.75 Å². The minimum Gasteiger partial charge on any atom is -0.482 e. The van der Waals surface area contributed by atoms with Crippen LogP contribution in [0.4, 0.5) is 5.69 Å². The molecule has 7 nitrogen and oxygen atoms in total. The second-order valence-corrected chi connectivity index (χ2v) is 5.32. The fraction of sp³-hybridized carbons (Fsp3) is 0.158. The first kappa shape index (κ1) is 17.3. The van der Waals surface area contributed by atoms with Gasteiger partial charge in [-0.25, -0.2) is 9.78 Å². The highest BCUT2D eigenvalue weighted by molar-refractivity contribution is 6.03. The lowest BCUT2D eigenvalue weighted by atomic mass is 10.2. The van der Waals surface area contributed by atoms with Gasteiger partial charge < -0.3 is 14.8 Å². The molecule has 2 aromatic carbocycles. The monoisotopic (exact) mass is 351 g/mol. The van der Waals surface area contributed by atoms with Crippen LogP contribution in [0.25, 0.3) is 11.0 Å². The van der Waals surface area contributed by atoms with E-state index in [-0.39, 0.29) is 18.2 Å². The van der Waals surface area contributed by atoms with Crippen LogP contribution >= 0.6 is 0 Å². The molecule has 0 spiro atoms. The van der Waals surface area contributed by atoms with E-state index in [4.69, 9.17) is 9.47 Å². The molecule has 0 atom stereocenters. The molecule has 1 heterocycles. The summed E-state index contributed by atoms with van der Waals surface area (Å²) in [6, 6.07) is 14.0. The quantitative estimate of drug-likeness (QED) is 0.687. The number of anilines is 1. The highest BCUT2D eigenvalue weighted by atomic mass is 16.6. The molecule has 26 heavy (non-hydrogen) atoms. The summed E-state index contributed by atoms with van der Waals surface area (Å²) in [5.74, 6) is -0.389. The number of carbonyl (C=O) groups excluding carboxylic acids is 2. The van der Waals surface area contributed by atoms with E-state index in [1.165, 1.54) is 6.20 Å². The lowest BCUT2D eigenvalue weighted by Crippen LogP contribution is -2.15. The number of hydrogen-bond donors (Lipinski definition) is 1. The number of esters is 1. The molecule has 0 radical (unpaired) electrons. The number of aromatic nitrogens is 2. The highest BCUT2D eigenvalue weighted by Gasteiger charge is 2.10. The van der Waals surface area contributed by atoms with Crippen LogP contribution < -0.4 is 10.1 Å². The van der Waals surface area contributed by atoms with Crippen molar-refractivity contribution in [3.05, 3.63) is 60.4 Å². The van der Waals surface area contributed by atoms with Gasteiger partial charge in [0.2, 0.25) is 0 Å². The third-order valence-corrected chi connectivity index (χ3v) is 3.44. The Kier molecular flexibility index (Phi) is 5.38. The van der Waals surface area contributed by atoms with E-state index in [0.29, 0.717) is 23.6 Å². The lowest BCUT2D eigenvalue weighted by Gasteiger charge is -2.09. The number of nitrogens with zero attached hydrogens (tertiary/aromatic N) is 2. The Balaban J connectivity index is 1.68. The molecule has 3 rings (SSSR count). The molecule has 0 unspecified atom stereocenters. The Bertz CT molecular complexity index is 943. The van der Waals surface area contributed by atoms with Crippen LogP contribution in [-0.4, -0.2) is 35.1 Å². The summed E-state index contributed by atoms with van der Waals surface area (Å²) >= 11 is 0.